The number of hydrogen-bond donors (Lipinski definition) is 2. The van der Waals surface area contributed by atoms with Gasteiger partial charge in [-0.2, -0.15) is 5.10 Å². The molecule has 0 spiro atoms. The summed E-state index contributed by atoms with van der Waals surface area (Å²) >= 11 is 0. The van der Waals surface area contributed by atoms with Crippen LogP contribution in [-0.4, -0.2) is 28.8 Å². The number of hydrogen-bond acceptors (Lipinski definition) is 2. The average molecular weight is 339 g/mol. The van der Waals surface area contributed by atoms with Gasteiger partial charge < -0.3 is 10.6 Å². The molecule has 1 aromatic heterocycles. The first-order valence-electron chi connectivity index (χ1n) is 9.28. The lowest BCUT2D eigenvalue weighted by Crippen LogP contribution is -2.44. The molecule has 1 aliphatic rings. The lowest BCUT2D eigenvalue weighted by molar-refractivity contribution is 0.431. The van der Waals surface area contributed by atoms with Gasteiger partial charge in [0.1, 0.15) is 0 Å². The summed E-state index contributed by atoms with van der Waals surface area (Å²) in [6, 6.07) is 12.9. The summed E-state index contributed by atoms with van der Waals surface area (Å²) in [7, 11) is 1.95. The van der Waals surface area contributed by atoms with E-state index in [9.17, 15) is 0 Å². The number of benzene rings is 1. The van der Waals surface area contributed by atoms with Gasteiger partial charge in [-0.25, -0.2) is 4.99 Å². The van der Waals surface area contributed by atoms with E-state index in [1.54, 1.807) is 0 Å². The second kappa shape index (κ2) is 8.19. The minimum atomic E-state index is 0.226. The van der Waals surface area contributed by atoms with Gasteiger partial charge in [0, 0.05) is 31.7 Å². The quantitative estimate of drug-likeness (QED) is 0.628. The normalized spacial score (nSPS) is 16.8. The van der Waals surface area contributed by atoms with Crippen LogP contribution in [0.3, 0.4) is 0 Å². The van der Waals surface area contributed by atoms with E-state index in [1.165, 1.54) is 31.2 Å². The van der Waals surface area contributed by atoms with Crippen molar-refractivity contribution < 1.29 is 0 Å². The highest BCUT2D eigenvalue weighted by Crippen LogP contribution is 2.40. The SMILES string of the molecule is CCNC(=NCc1ccnn1C)NCC1(c2ccccc2)CCCC1. The standard InChI is InChI=1S/C20H29N5/c1-3-21-19(22-15-18-11-14-24-25(18)2)23-16-20(12-7-8-13-20)17-9-5-4-6-10-17/h4-6,9-11,14H,3,7-8,12-13,15-16H2,1-2H3,(H2,21,22,23). The van der Waals surface area contributed by atoms with E-state index < -0.39 is 0 Å². The van der Waals surface area contributed by atoms with Crippen molar-refractivity contribution in [1.29, 1.82) is 0 Å². The fourth-order valence-corrected chi connectivity index (χ4v) is 3.72. The molecule has 1 fully saturated rings. The predicted octanol–water partition coefficient (Wildman–Crippen LogP) is 2.99. The van der Waals surface area contributed by atoms with Crippen molar-refractivity contribution in [2.45, 2.75) is 44.6 Å². The summed E-state index contributed by atoms with van der Waals surface area (Å²) in [5, 5.41) is 11.2. The van der Waals surface area contributed by atoms with Crippen LogP contribution >= 0.6 is 0 Å². The van der Waals surface area contributed by atoms with Crippen LogP contribution in [0.1, 0.15) is 43.9 Å². The molecule has 134 valence electrons. The van der Waals surface area contributed by atoms with Crippen molar-refractivity contribution in [3.63, 3.8) is 0 Å². The van der Waals surface area contributed by atoms with E-state index in [-0.39, 0.29) is 5.41 Å². The number of nitrogens with zero attached hydrogens (tertiary/aromatic N) is 3. The zero-order chi connectivity index (χ0) is 17.5. The topological polar surface area (TPSA) is 54.2 Å². The Morgan fingerprint density at radius 1 is 1.16 bits per heavy atom. The molecule has 2 aromatic rings. The third-order valence-corrected chi connectivity index (χ3v) is 5.21. The lowest BCUT2D eigenvalue weighted by atomic mass is 9.79. The molecule has 2 N–H and O–H groups in total. The number of aliphatic imine (C=N–C) groups is 1. The number of aromatic nitrogens is 2. The molecule has 0 radical (unpaired) electrons. The van der Waals surface area contributed by atoms with Crippen molar-refractivity contribution in [2.75, 3.05) is 13.1 Å². The Bertz CT molecular complexity index is 683. The summed E-state index contributed by atoms with van der Waals surface area (Å²) in [5.74, 6) is 0.880. The van der Waals surface area contributed by atoms with Gasteiger partial charge in [0.2, 0.25) is 0 Å². The predicted molar refractivity (Wildman–Crippen MR) is 103 cm³/mol. The Hall–Kier alpha value is -2.30. The zero-order valence-corrected chi connectivity index (χ0v) is 15.3. The number of aryl methyl sites for hydroxylation is 1. The smallest absolute Gasteiger partial charge is 0.191 e. The molecule has 0 bridgehead atoms. The van der Waals surface area contributed by atoms with Crippen LogP contribution in [0.4, 0.5) is 0 Å². The minimum Gasteiger partial charge on any atom is -0.357 e. The van der Waals surface area contributed by atoms with Crippen LogP contribution in [0.25, 0.3) is 0 Å². The van der Waals surface area contributed by atoms with Crippen LogP contribution in [0.15, 0.2) is 47.6 Å². The molecule has 0 aliphatic heterocycles. The van der Waals surface area contributed by atoms with E-state index in [4.69, 9.17) is 4.99 Å². The highest BCUT2D eigenvalue weighted by Gasteiger charge is 2.35. The lowest BCUT2D eigenvalue weighted by Gasteiger charge is -2.30. The van der Waals surface area contributed by atoms with Crippen molar-refractivity contribution >= 4 is 5.96 Å². The maximum Gasteiger partial charge on any atom is 0.191 e. The number of guanidine groups is 1. The van der Waals surface area contributed by atoms with Gasteiger partial charge in [-0.3, -0.25) is 4.68 Å². The highest BCUT2D eigenvalue weighted by atomic mass is 15.3. The van der Waals surface area contributed by atoms with Gasteiger partial charge in [-0.05, 0) is 31.4 Å². The average Bonchev–Trinajstić information content (AvgIpc) is 3.28. The van der Waals surface area contributed by atoms with Crippen LogP contribution in [0.5, 0.6) is 0 Å². The Labute approximate surface area is 150 Å². The van der Waals surface area contributed by atoms with Crippen LogP contribution < -0.4 is 10.6 Å². The van der Waals surface area contributed by atoms with Crippen molar-refractivity contribution in [3.05, 3.63) is 53.9 Å². The van der Waals surface area contributed by atoms with Gasteiger partial charge in [0.05, 0.1) is 12.2 Å². The van der Waals surface area contributed by atoms with E-state index >= 15 is 0 Å². The fourth-order valence-electron chi connectivity index (χ4n) is 3.72. The molecule has 0 amide bonds. The van der Waals surface area contributed by atoms with E-state index in [0.717, 1.165) is 24.7 Å². The second-order valence-electron chi connectivity index (χ2n) is 6.85. The Kier molecular flexibility index (Phi) is 5.74. The van der Waals surface area contributed by atoms with Crippen LogP contribution in [-0.2, 0) is 19.0 Å². The summed E-state index contributed by atoms with van der Waals surface area (Å²) in [6.45, 7) is 4.51. The number of nitrogens with one attached hydrogen (secondary N) is 2. The maximum absolute atomic E-state index is 4.74. The van der Waals surface area contributed by atoms with Crippen molar-refractivity contribution in [3.8, 4) is 0 Å². The maximum atomic E-state index is 4.74. The zero-order valence-electron chi connectivity index (χ0n) is 15.3. The molecule has 0 saturated heterocycles. The molecule has 5 heteroatoms. The third-order valence-electron chi connectivity index (χ3n) is 5.21. The Morgan fingerprint density at radius 2 is 1.92 bits per heavy atom. The van der Waals surface area contributed by atoms with Crippen LogP contribution in [0.2, 0.25) is 0 Å². The van der Waals surface area contributed by atoms with Gasteiger partial charge in [-0.15, -0.1) is 0 Å². The van der Waals surface area contributed by atoms with Gasteiger partial charge in [0.15, 0.2) is 5.96 Å². The summed E-state index contributed by atoms with van der Waals surface area (Å²) in [6.07, 6.45) is 6.91. The molecule has 5 nitrogen and oxygen atoms in total. The van der Waals surface area contributed by atoms with E-state index in [0.29, 0.717) is 6.54 Å². The van der Waals surface area contributed by atoms with E-state index in [1.807, 2.05) is 24.0 Å². The second-order valence-corrected chi connectivity index (χ2v) is 6.85. The van der Waals surface area contributed by atoms with Gasteiger partial charge in [-0.1, -0.05) is 43.2 Å². The van der Waals surface area contributed by atoms with Gasteiger partial charge in [0.25, 0.3) is 0 Å². The molecule has 0 unspecified atom stereocenters. The van der Waals surface area contributed by atoms with Crippen molar-refractivity contribution in [2.24, 2.45) is 12.0 Å². The summed E-state index contributed by atoms with van der Waals surface area (Å²) < 4.78 is 1.87. The summed E-state index contributed by atoms with van der Waals surface area (Å²) in [4.78, 5) is 4.74. The van der Waals surface area contributed by atoms with Crippen molar-refractivity contribution in [1.82, 2.24) is 20.4 Å². The largest absolute Gasteiger partial charge is 0.357 e. The monoisotopic (exact) mass is 339 g/mol. The minimum absolute atomic E-state index is 0.226. The molecular weight excluding hydrogens is 310 g/mol. The molecule has 1 saturated carbocycles. The molecule has 1 heterocycles. The molecule has 25 heavy (non-hydrogen) atoms. The summed E-state index contributed by atoms with van der Waals surface area (Å²) in [5.41, 5.74) is 2.78. The molecule has 0 atom stereocenters. The molecule has 1 aliphatic carbocycles. The first kappa shape index (κ1) is 17.5. The fraction of sp³-hybridized carbons (Fsp3) is 0.500. The van der Waals surface area contributed by atoms with Gasteiger partial charge >= 0.3 is 0 Å². The molecule has 3 rings (SSSR count). The molecular formula is C20H29N5. The third kappa shape index (κ3) is 4.21. The Balaban J connectivity index is 1.70. The van der Waals surface area contributed by atoms with E-state index in [2.05, 4.69) is 53.0 Å². The number of rotatable bonds is 6. The molecule has 1 aromatic carbocycles. The first-order chi connectivity index (χ1) is 12.2. The Morgan fingerprint density at radius 3 is 2.56 bits per heavy atom. The first-order valence-corrected chi connectivity index (χ1v) is 9.28. The highest BCUT2D eigenvalue weighted by molar-refractivity contribution is 5.79. The van der Waals surface area contributed by atoms with Crippen LogP contribution in [0, 0.1) is 0 Å².